The van der Waals surface area contributed by atoms with E-state index < -0.39 is 17.7 Å². The normalized spacial score (nSPS) is 19.6. The minimum absolute atomic E-state index is 0.0975. The van der Waals surface area contributed by atoms with Gasteiger partial charge >= 0.3 is 0 Å². The van der Waals surface area contributed by atoms with Crippen LogP contribution in [-0.4, -0.2) is 62.4 Å². The maximum absolute atomic E-state index is 14.3. The Morgan fingerprint density at radius 1 is 1.23 bits per heavy atom. The molecule has 0 saturated heterocycles. The molecule has 2 aliphatic rings. The molecule has 3 aromatic rings. The molecule has 5 rings (SSSR count). The van der Waals surface area contributed by atoms with Crippen molar-refractivity contribution in [3.05, 3.63) is 47.8 Å². The number of carbonyl (C=O) groups excluding carboxylic acids is 2. The maximum Gasteiger partial charge on any atom is 0.255 e. The number of aliphatic hydroxyl groups is 1. The van der Waals surface area contributed by atoms with Crippen LogP contribution >= 0.6 is 0 Å². The lowest BCUT2D eigenvalue weighted by Gasteiger charge is -2.37. The topological polar surface area (TPSA) is 144 Å². The number of aromatic nitrogens is 3. The highest BCUT2D eigenvalue weighted by atomic mass is 19.1. The van der Waals surface area contributed by atoms with Gasteiger partial charge in [0.25, 0.3) is 5.91 Å². The number of nitriles is 1. The molecule has 2 aliphatic carbocycles. The van der Waals surface area contributed by atoms with E-state index in [0.29, 0.717) is 35.1 Å². The van der Waals surface area contributed by atoms with Crippen LogP contribution in [0, 0.1) is 23.2 Å². The van der Waals surface area contributed by atoms with Crippen LogP contribution in [-0.2, 0) is 4.79 Å². The fourth-order valence-corrected chi connectivity index (χ4v) is 4.65. The smallest absolute Gasteiger partial charge is 0.255 e. The van der Waals surface area contributed by atoms with E-state index in [1.165, 1.54) is 26.2 Å². The van der Waals surface area contributed by atoms with Crippen LogP contribution in [0.2, 0.25) is 0 Å². The highest BCUT2D eigenvalue weighted by Gasteiger charge is 2.34. The molecule has 2 saturated carbocycles. The minimum atomic E-state index is -1.64. The van der Waals surface area contributed by atoms with Crippen molar-refractivity contribution in [2.45, 2.75) is 57.3 Å². The van der Waals surface area contributed by atoms with Crippen molar-refractivity contribution in [3.63, 3.8) is 0 Å². The standard InChI is InChI=1S/C28H32FN7O3/c1-28(2,39)25(29)15-33-27(38)21-14-31-23(24-6-5-20-9-17(11-30)13-34-36(20)24)10-22(21)35-19-7-16(8-19)12-32-26(37)18-3-4-18/h5-6,9-10,13-14,16,18-19,25,39H,3-4,7-8,12,15H2,1-2H3,(H,31,35)(H,32,37)(H,33,38)/t16-,19-,25-/m1/s1. The number of pyridine rings is 1. The second kappa shape index (κ2) is 10.6. The molecule has 11 heteroatoms. The third kappa shape index (κ3) is 6.01. The average Bonchev–Trinajstić information content (AvgIpc) is 3.66. The molecule has 3 heterocycles. The highest BCUT2D eigenvalue weighted by molar-refractivity contribution is 6.00. The van der Waals surface area contributed by atoms with Gasteiger partial charge in [0.15, 0.2) is 0 Å². The van der Waals surface area contributed by atoms with Crippen LogP contribution in [0.4, 0.5) is 10.1 Å². The number of fused-ring (bicyclic) bond motifs is 1. The number of halogens is 1. The van der Waals surface area contributed by atoms with Crippen molar-refractivity contribution in [1.82, 2.24) is 25.2 Å². The molecule has 0 bridgehead atoms. The van der Waals surface area contributed by atoms with E-state index in [0.717, 1.165) is 31.2 Å². The number of alkyl halides is 1. The van der Waals surface area contributed by atoms with Crippen LogP contribution in [0.1, 0.15) is 55.5 Å². The van der Waals surface area contributed by atoms with Gasteiger partial charge in [0, 0.05) is 24.7 Å². The number of nitrogens with one attached hydrogen (secondary N) is 3. The summed E-state index contributed by atoms with van der Waals surface area (Å²) < 4.78 is 16.0. The number of anilines is 1. The molecule has 4 N–H and O–H groups in total. The van der Waals surface area contributed by atoms with Crippen molar-refractivity contribution in [2.24, 2.45) is 11.8 Å². The Labute approximate surface area is 225 Å². The lowest BCUT2D eigenvalue weighted by atomic mass is 9.80. The van der Waals surface area contributed by atoms with Gasteiger partial charge in [0.05, 0.1) is 52.1 Å². The average molecular weight is 534 g/mol. The Kier molecular flexibility index (Phi) is 7.23. The SMILES string of the molecule is CC(C)(O)[C@H](F)CNC(=O)c1cnc(-c2ccc3cc(C#N)cnn23)cc1N[C@H]1C[C@H](CNC(=O)C2CC2)C1. The summed E-state index contributed by atoms with van der Waals surface area (Å²) in [6.45, 7) is 3.00. The molecular weight excluding hydrogens is 501 g/mol. The number of hydrogen-bond donors (Lipinski definition) is 4. The van der Waals surface area contributed by atoms with E-state index in [4.69, 9.17) is 5.26 Å². The maximum atomic E-state index is 14.3. The molecule has 39 heavy (non-hydrogen) atoms. The summed E-state index contributed by atoms with van der Waals surface area (Å²) in [6, 6.07) is 9.34. The lowest BCUT2D eigenvalue weighted by Crippen LogP contribution is -2.43. The minimum Gasteiger partial charge on any atom is -0.387 e. The molecular formula is C28H32FN7O3. The van der Waals surface area contributed by atoms with Crippen molar-refractivity contribution in [2.75, 3.05) is 18.4 Å². The summed E-state index contributed by atoms with van der Waals surface area (Å²) in [4.78, 5) is 29.5. The monoisotopic (exact) mass is 533 g/mol. The molecule has 2 fully saturated rings. The fourth-order valence-electron chi connectivity index (χ4n) is 4.65. The number of rotatable bonds is 10. The summed E-state index contributed by atoms with van der Waals surface area (Å²) in [6.07, 6.45) is 4.90. The Morgan fingerprint density at radius 2 is 2.00 bits per heavy atom. The lowest BCUT2D eigenvalue weighted by molar-refractivity contribution is -0.122. The molecule has 0 radical (unpaired) electrons. The van der Waals surface area contributed by atoms with E-state index in [9.17, 15) is 19.1 Å². The summed E-state index contributed by atoms with van der Waals surface area (Å²) in [5.74, 6) is 0.168. The first-order valence-electron chi connectivity index (χ1n) is 13.2. The van der Waals surface area contributed by atoms with E-state index in [1.807, 2.05) is 12.1 Å². The van der Waals surface area contributed by atoms with Gasteiger partial charge in [-0.25, -0.2) is 8.91 Å². The van der Waals surface area contributed by atoms with Crippen molar-refractivity contribution in [1.29, 1.82) is 5.26 Å². The zero-order valence-electron chi connectivity index (χ0n) is 21.9. The van der Waals surface area contributed by atoms with Gasteiger partial charge in [-0.2, -0.15) is 10.4 Å². The zero-order valence-corrected chi connectivity index (χ0v) is 21.9. The summed E-state index contributed by atoms with van der Waals surface area (Å²) in [5.41, 5.74) is 1.65. The first kappa shape index (κ1) is 26.6. The summed E-state index contributed by atoms with van der Waals surface area (Å²) in [7, 11) is 0. The van der Waals surface area contributed by atoms with Crippen LogP contribution in [0.25, 0.3) is 16.9 Å². The van der Waals surface area contributed by atoms with E-state index in [2.05, 4.69) is 32.1 Å². The fraction of sp³-hybridized carbons (Fsp3) is 0.464. The second-order valence-electron chi connectivity index (χ2n) is 11.1. The predicted octanol–water partition coefficient (Wildman–Crippen LogP) is 2.82. The second-order valence-corrected chi connectivity index (χ2v) is 11.1. The van der Waals surface area contributed by atoms with E-state index >= 15 is 0 Å². The van der Waals surface area contributed by atoms with Crippen molar-refractivity contribution < 1.29 is 19.1 Å². The first-order chi connectivity index (χ1) is 18.6. The van der Waals surface area contributed by atoms with Gasteiger partial charge in [0.1, 0.15) is 12.2 Å². The largest absolute Gasteiger partial charge is 0.387 e. The van der Waals surface area contributed by atoms with Gasteiger partial charge in [-0.3, -0.25) is 14.6 Å². The molecule has 2 amide bonds. The Balaban J connectivity index is 1.34. The molecule has 0 aliphatic heterocycles. The molecule has 0 spiro atoms. The summed E-state index contributed by atoms with van der Waals surface area (Å²) >= 11 is 0. The Bertz CT molecular complexity index is 1430. The van der Waals surface area contributed by atoms with Gasteiger partial charge in [-0.1, -0.05) is 0 Å². The third-order valence-electron chi connectivity index (χ3n) is 7.36. The van der Waals surface area contributed by atoms with Crippen LogP contribution < -0.4 is 16.0 Å². The van der Waals surface area contributed by atoms with Gasteiger partial charge in [-0.05, 0) is 69.7 Å². The number of nitrogens with zero attached hydrogens (tertiary/aromatic N) is 4. The number of hydrogen-bond acceptors (Lipinski definition) is 7. The Hall–Kier alpha value is -4.04. The molecule has 10 nitrogen and oxygen atoms in total. The van der Waals surface area contributed by atoms with Crippen LogP contribution in [0.15, 0.2) is 36.7 Å². The molecule has 1 atom stereocenters. The first-order valence-corrected chi connectivity index (χ1v) is 13.2. The molecule has 204 valence electrons. The van der Waals surface area contributed by atoms with Gasteiger partial charge in [-0.15, -0.1) is 0 Å². The molecule has 0 aromatic carbocycles. The van der Waals surface area contributed by atoms with Crippen LogP contribution in [0.3, 0.4) is 0 Å². The third-order valence-corrected chi connectivity index (χ3v) is 7.36. The van der Waals surface area contributed by atoms with Gasteiger partial charge < -0.3 is 21.1 Å². The van der Waals surface area contributed by atoms with E-state index in [-0.39, 0.29) is 30.0 Å². The molecule has 0 unspecified atom stereocenters. The number of carbonyl (C=O) groups is 2. The van der Waals surface area contributed by atoms with Crippen LogP contribution in [0.5, 0.6) is 0 Å². The summed E-state index contributed by atoms with van der Waals surface area (Å²) in [5, 5.41) is 32.4. The molecule has 3 aromatic heterocycles. The van der Waals surface area contributed by atoms with Crippen molar-refractivity contribution in [3.8, 4) is 17.5 Å². The highest BCUT2D eigenvalue weighted by Crippen LogP contribution is 2.33. The predicted molar refractivity (Wildman–Crippen MR) is 143 cm³/mol. The van der Waals surface area contributed by atoms with Crippen molar-refractivity contribution >= 4 is 23.0 Å². The Morgan fingerprint density at radius 3 is 2.69 bits per heavy atom. The quantitative estimate of drug-likeness (QED) is 0.314. The van der Waals surface area contributed by atoms with Gasteiger partial charge in [0.2, 0.25) is 5.91 Å². The van der Waals surface area contributed by atoms with E-state index in [1.54, 1.807) is 16.6 Å². The number of amides is 2. The zero-order chi connectivity index (χ0) is 27.7.